The summed E-state index contributed by atoms with van der Waals surface area (Å²) in [6.45, 7) is 5.86. The van der Waals surface area contributed by atoms with Crippen LogP contribution in [0.5, 0.6) is 0 Å². The number of nitrogens with zero attached hydrogens (tertiary/aromatic N) is 2. The van der Waals surface area contributed by atoms with E-state index >= 15 is 0 Å². The van der Waals surface area contributed by atoms with Gasteiger partial charge in [-0.2, -0.15) is 0 Å². The number of anilines is 1. The van der Waals surface area contributed by atoms with Crippen molar-refractivity contribution in [2.45, 2.75) is 39.3 Å². The third-order valence-electron chi connectivity index (χ3n) is 4.17. The molecule has 3 nitrogen and oxygen atoms in total. The van der Waals surface area contributed by atoms with Crippen LogP contribution in [0, 0.1) is 0 Å². The molecule has 23 heavy (non-hydrogen) atoms. The van der Waals surface area contributed by atoms with Gasteiger partial charge >= 0.3 is 0 Å². The van der Waals surface area contributed by atoms with Crippen molar-refractivity contribution in [3.05, 3.63) is 53.4 Å². The van der Waals surface area contributed by atoms with E-state index in [2.05, 4.69) is 43.1 Å². The van der Waals surface area contributed by atoms with Gasteiger partial charge in [-0.3, -0.25) is 9.69 Å². The van der Waals surface area contributed by atoms with Gasteiger partial charge in [-0.1, -0.05) is 37.3 Å². The molecule has 0 radical (unpaired) electrons. The van der Waals surface area contributed by atoms with E-state index in [0.717, 1.165) is 24.5 Å². The second kappa shape index (κ2) is 8.85. The highest BCUT2D eigenvalue weighted by molar-refractivity contribution is 7.14. The summed E-state index contributed by atoms with van der Waals surface area (Å²) in [5.41, 5.74) is 1.32. The lowest BCUT2D eigenvalue weighted by molar-refractivity contribution is -0.118. The first-order valence-corrected chi connectivity index (χ1v) is 9.07. The van der Waals surface area contributed by atoms with Crippen LogP contribution in [-0.2, 0) is 11.3 Å². The minimum Gasteiger partial charge on any atom is -0.304 e. The van der Waals surface area contributed by atoms with Gasteiger partial charge in [-0.05, 0) is 43.5 Å². The zero-order valence-corrected chi connectivity index (χ0v) is 15.1. The van der Waals surface area contributed by atoms with Gasteiger partial charge in [-0.25, -0.2) is 0 Å². The van der Waals surface area contributed by atoms with Crippen LogP contribution >= 0.6 is 11.3 Å². The highest BCUT2D eigenvalue weighted by Crippen LogP contribution is 2.23. The van der Waals surface area contributed by atoms with Gasteiger partial charge in [0.15, 0.2) is 0 Å². The molecule has 1 heterocycles. The van der Waals surface area contributed by atoms with Crippen molar-refractivity contribution >= 4 is 22.2 Å². The third kappa shape index (κ3) is 5.19. The van der Waals surface area contributed by atoms with E-state index in [9.17, 15) is 4.79 Å². The Kier molecular flexibility index (Phi) is 6.81. The Hall–Kier alpha value is -1.65. The van der Waals surface area contributed by atoms with E-state index in [1.807, 2.05) is 35.4 Å². The topological polar surface area (TPSA) is 23.6 Å². The van der Waals surface area contributed by atoms with Crippen molar-refractivity contribution in [2.75, 3.05) is 18.5 Å². The van der Waals surface area contributed by atoms with Crippen LogP contribution in [0.2, 0.25) is 0 Å². The molecule has 1 amide bonds. The Morgan fingerprint density at radius 1 is 1.17 bits per heavy atom. The van der Waals surface area contributed by atoms with Crippen LogP contribution in [0.4, 0.5) is 5.00 Å². The number of hydrogen-bond acceptors (Lipinski definition) is 3. The SMILES string of the molecule is CCC(=O)N(CCC(C)N(C)Cc1ccccc1)c1cccs1. The fourth-order valence-corrected chi connectivity index (χ4v) is 3.31. The standard InChI is InChI=1S/C19H26N2OS/c1-4-18(22)21(19-11-8-14-23-19)13-12-16(2)20(3)15-17-9-6-5-7-10-17/h5-11,14,16H,4,12-13,15H2,1-3H3. The van der Waals surface area contributed by atoms with Crippen LogP contribution < -0.4 is 4.90 Å². The number of hydrogen-bond donors (Lipinski definition) is 0. The summed E-state index contributed by atoms with van der Waals surface area (Å²) in [6.07, 6.45) is 1.51. The summed E-state index contributed by atoms with van der Waals surface area (Å²) in [6, 6.07) is 14.9. The molecule has 0 bridgehead atoms. The minimum atomic E-state index is 0.199. The first-order chi connectivity index (χ1) is 11.1. The fourth-order valence-electron chi connectivity index (χ4n) is 2.54. The number of amides is 1. The molecule has 1 aromatic carbocycles. The Bertz CT molecular complexity index is 583. The molecule has 1 unspecified atom stereocenters. The van der Waals surface area contributed by atoms with E-state index in [4.69, 9.17) is 0 Å². The van der Waals surface area contributed by atoms with Gasteiger partial charge in [0.1, 0.15) is 0 Å². The van der Waals surface area contributed by atoms with E-state index in [1.54, 1.807) is 11.3 Å². The molecule has 0 N–H and O–H groups in total. The van der Waals surface area contributed by atoms with Gasteiger partial charge in [0.2, 0.25) is 5.91 Å². The predicted octanol–water partition coefficient (Wildman–Crippen LogP) is 4.40. The van der Waals surface area contributed by atoms with Crippen LogP contribution in [-0.4, -0.2) is 30.4 Å². The molecule has 1 atom stereocenters. The molecule has 124 valence electrons. The molecular weight excluding hydrogens is 304 g/mol. The summed E-state index contributed by atoms with van der Waals surface area (Å²) in [5.74, 6) is 0.199. The van der Waals surface area contributed by atoms with Gasteiger partial charge in [0.25, 0.3) is 0 Å². The Labute approximate surface area is 143 Å². The molecule has 0 aliphatic carbocycles. The molecule has 0 fully saturated rings. The van der Waals surface area contributed by atoms with E-state index in [0.29, 0.717) is 12.5 Å². The molecule has 2 rings (SSSR count). The Morgan fingerprint density at radius 2 is 1.91 bits per heavy atom. The van der Waals surface area contributed by atoms with Gasteiger partial charge < -0.3 is 4.90 Å². The van der Waals surface area contributed by atoms with Crippen molar-refractivity contribution in [2.24, 2.45) is 0 Å². The van der Waals surface area contributed by atoms with Crippen molar-refractivity contribution in [1.82, 2.24) is 4.90 Å². The van der Waals surface area contributed by atoms with Crippen LogP contribution in [0.15, 0.2) is 47.8 Å². The van der Waals surface area contributed by atoms with Crippen molar-refractivity contribution in [3.63, 3.8) is 0 Å². The Balaban J connectivity index is 1.90. The summed E-state index contributed by atoms with van der Waals surface area (Å²) < 4.78 is 0. The molecule has 0 aliphatic heterocycles. The monoisotopic (exact) mass is 330 g/mol. The maximum Gasteiger partial charge on any atom is 0.227 e. The lowest BCUT2D eigenvalue weighted by Gasteiger charge is -2.28. The minimum absolute atomic E-state index is 0.199. The Morgan fingerprint density at radius 3 is 2.52 bits per heavy atom. The maximum atomic E-state index is 12.2. The number of rotatable bonds is 8. The number of benzene rings is 1. The average molecular weight is 330 g/mol. The van der Waals surface area contributed by atoms with Crippen molar-refractivity contribution in [1.29, 1.82) is 0 Å². The second-order valence-electron chi connectivity index (χ2n) is 5.89. The summed E-state index contributed by atoms with van der Waals surface area (Å²) in [7, 11) is 2.15. The first-order valence-electron chi connectivity index (χ1n) is 8.19. The molecule has 0 saturated heterocycles. The first kappa shape index (κ1) is 17.7. The number of thiophene rings is 1. The molecular formula is C19H26N2OS. The molecule has 0 spiro atoms. The zero-order valence-electron chi connectivity index (χ0n) is 14.2. The second-order valence-corrected chi connectivity index (χ2v) is 6.81. The summed E-state index contributed by atoms with van der Waals surface area (Å²) in [4.78, 5) is 16.5. The van der Waals surface area contributed by atoms with Gasteiger partial charge in [-0.15, -0.1) is 11.3 Å². The molecule has 0 aliphatic rings. The quantitative estimate of drug-likeness (QED) is 0.716. The molecule has 1 aromatic heterocycles. The van der Waals surface area contributed by atoms with E-state index in [1.165, 1.54) is 5.56 Å². The van der Waals surface area contributed by atoms with Crippen molar-refractivity contribution < 1.29 is 4.79 Å². The highest BCUT2D eigenvalue weighted by atomic mass is 32.1. The average Bonchev–Trinajstić information content (AvgIpc) is 3.09. The smallest absolute Gasteiger partial charge is 0.227 e. The van der Waals surface area contributed by atoms with Crippen LogP contribution in [0.25, 0.3) is 0 Å². The van der Waals surface area contributed by atoms with Crippen LogP contribution in [0.1, 0.15) is 32.3 Å². The summed E-state index contributed by atoms with van der Waals surface area (Å²) >= 11 is 1.63. The van der Waals surface area contributed by atoms with Gasteiger partial charge in [0, 0.05) is 25.6 Å². The van der Waals surface area contributed by atoms with Gasteiger partial charge in [0.05, 0.1) is 5.00 Å². The lowest BCUT2D eigenvalue weighted by Crippen LogP contribution is -2.36. The highest BCUT2D eigenvalue weighted by Gasteiger charge is 2.17. The van der Waals surface area contributed by atoms with Crippen molar-refractivity contribution in [3.8, 4) is 0 Å². The molecule has 2 aromatic rings. The zero-order chi connectivity index (χ0) is 16.7. The third-order valence-corrected chi connectivity index (χ3v) is 5.06. The number of carbonyl (C=O) groups is 1. The fraction of sp³-hybridized carbons (Fsp3) is 0.421. The lowest BCUT2D eigenvalue weighted by atomic mass is 10.1. The molecule has 0 saturated carbocycles. The maximum absolute atomic E-state index is 12.2. The van der Waals surface area contributed by atoms with E-state index < -0.39 is 0 Å². The number of carbonyl (C=O) groups excluding carboxylic acids is 1. The van der Waals surface area contributed by atoms with E-state index in [-0.39, 0.29) is 5.91 Å². The summed E-state index contributed by atoms with van der Waals surface area (Å²) in [5, 5.41) is 3.07. The largest absolute Gasteiger partial charge is 0.304 e. The predicted molar refractivity (Wildman–Crippen MR) is 99.0 cm³/mol. The van der Waals surface area contributed by atoms with Crippen LogP contribution in [0.3, 0.4) is 0 Å². The molecule has 4 heteroatoms. The normalized spacial score (nSPS) is 12.3.